The first kappa shape index (κ1) is 11.3. The van der Waals surface area contributed by atoms with E-state index >= 15 is 0 Å². The first-order valence-electron chi connectivity index (χ1n) is 5.01. The number of sulfone groups is 1. The van der Waals surface area contributed by atoms with E-state index < -0.39 is 9.84 Å². The third-order valence-corrected chi connectivity index (χ3v) is 3.93. The number of hydrogen-bond acceptors (Lipinski definition) is 6. The maximum Gasteiger partial charge on any atom is 0.160 e. The standard InChI is InChI=1S/C9H14N4O2S/c1-11-3-2-8-12-7-5-16(14,15)4-6(7)9(10)13-8/h11H,2-5H2,1H3,(H2,10,12,13). The van der Waals surface area contributed by atoms with Crippen molar-refractivity contribution in [2.45, 2.75) is 17.9 Å². The molecule has 0 saturated heterocycles. The fraction of sp³-hybridized carbons (Fsp3) is 0.556. The number of likely N-dealkylation sites (N-methyl/N-ethyl adjacent to an activating group) is 1. The van der Waals surface area contributed by atoms with Gasteiger partial charge in [0.1, 0.15) is 11.6 Å². The second-order valence-electron chi connectivity index (χ2n) is 3.84. The SMILES string of the molecule is CNCCc1nc(N)c2c(n1)CS(=O)(=O)C2. The van der Waals surface area contributed by atoms with Crippen LogP contribution in [-0.4, -0.2) is 32.0 Å². The molecule has 0 radical (unpaired) electrons. The largest absolute Gasteiger partial charge is 0.383 e. The lowest BCUT2D eigenvalue weighted by atomic mass is 10.2. The lowest BCUT2D eigenvalue weighted by Gasteiger charge is -2.04. The molecule has 0 fully saturated rings. The summed E-state index contributed by atoms with van der Waals surface area (Å²) in [6, 6.07) is 0. The first-order chi connectivity index (χ1) is 7.52. The summed E-state index contributed by atoms with van der Waals surface area (Å²) < 4.78 is 22.9. The Labute approximate surface area is 94.2 Å². The molecule has 3 N–H and O–H groups in total. The van der Waals surface area contributed by atoms with Crippen LogP contribution in [0.2, 0.25) is 0 Å². The molecule has 0 aromatic carbocycles. The van der Waals surface area contributed by atoms with E-state index in [-0.39, 0.29) is 11.5 Å². The van der Waals surface area contributed by atoms with E-state index in [1.54, 1.807) is 0 Å². The molecule has 0 spiro atoms. The highest BCUT2D eigenvalue weighted by atomic mass is 32.2. The summed E-state index contributed by atoms with van der Waals surface area (Å²) in [6.45, 7) is 0.741. The molecule has 7 heteroatoms. The van der Waals surface area contributed by atoms with Gasteiger partial charge in [-0.25, -0.2) is 18.4 Å². The number of nitrogens with one attached hydrogen (secondary N) is 1. The predicted molar refractivity (Wildman–Crippen MR) is 60.4 cm³/mol. The van der Waals surface area contributed by atoms with E-state index in [0.29, 0.717) is 29.3 Å². The summed E-state index contributed by atoms with van der Waals surface area (Å²) in [4.78, 5) is 8.35. The van der Waals surface area contributed by atoms with E-state index in [0.717, 1.165) is 6.54 Å². The minimum absolute atomic E-state index is 0.0123. The Kier molecular flexibility index (Phi) is 2.81. The number of nitrogens with zero attached hydrogens (tertiary/aromatic N) is 2. The van der Waals surface area contributed by atoms with Crippen molar-refractivity contribution in [1.82, 2.24) is 15.3 Å². The minimum Gasteiger partial charge on any atom is -0.383 e. The Morgan fingerprint density at radius 2 is 2.12 bits per heavy atom. The third-order valence-electron chi connectivity index (χ3n) is 2.49. The van der Waals surface area contributed by atoms with Gasteiger partial charge in [0.2, 0.25) is 0 Å². The van der Waals surface area contributed by atoms with Gasteiger partial charge in [-0.1, -0.05) is 0 Å². The maximum absolute atomic E-state index is 11.4. The van der Waals surface area contributed by atoms with Gasteiger partial charge in [0.05, 0.1) is 17.2 Å². The minimum atomic E-state index is -3.06. The van der Waals surface area contributed by atoms with Gasteiger partial charge in [-0.3, -0.25) is 0 Å². The molecule has 1 aliphatic rings. The van der Waals surface area contributed by atoms with Crippen LogP contribution in [0.5, 0.6) is 0 Å². The highest BCUT2D eigenvalue weighted by Gasteiger charge is 2.29. The number of rotatable bonds is 3. The third kappa shape index (κ3) is 2.14. The normalized spacial score (nSPS) is 17.3. The van der Waals surface area contributed by atoms with Gasteiger partial charge in [-0.2, -0.15) is 0 Å². The van der Waals surface area contributed by atoms with Crippen molar-refractivity contribution in [1.29, 1.82) is 0 Å². The second kappa shape index (κ2) is 3.99. The molecule has 1 aliphatic heterocycles. The van der Waals surface area contributed by atoms with Crippen LogP contribution in [-0.2, 0) is 27.8 Å². The Balaban J connectivity index is 2.34. The topological polar surface area (TPSA) is 98.0 Å². The maximum atomic E-state index is 11.4. The molecule has 2 rings (SSSR count). The molecule has 0 saturated carbocycles. The van der Waals surface area contributed by atoms with Crippen LogP contribution in [0.25, 0.3) is 0 Å². The summed E-state index contributed by atoms with van der Waals surface area (Å²) in [6.07, 6.45) is 0.647. The number of anilines is 1. The van der Waals surface area contributed by atoms with E-state index in [4.69, 9.17) is 5.73 Å². The van der Waals surface area contributed by atoms with Crippen molar-refractivity contribution >= 4 is 15.7 Å². The van der Waals surface area contributed by atoms with Crippen LogP contribution in [0.3, 0.4) is 0 Å². The van der Waals surface area contributed by atoms with Crippen molar-refractivity contribution < 1.29 is 8.42 Å². The van der Waals surface area contributed by atoms with Gasteiger partial charge in [0, 0.05) is 18.5 Å². The van der Waals surface area contributed by atoms with E-state index in [9.17, 15) is 8.42 Å². The fourth-order valence-electron chi connectivity index (χ4n) is 1.71. The highest BCUT2D eigenvalue weighted by molar-refractivity contribution is 7.90. The van der Waals surface area contributed by atoms with Crippen molar-refractivity contribution in [3.05, 3.63) is 17.1 Å². The monoisotopic (exact) mass is 242 g/mol. The molecule has 1 aromatic rings. The molecular weight excluding hydrogens is 228 g/mol. The summed E-state index contributed by atoms with van der Waals surface area (Å²) in [5.41, 5.74) is 6.87. The molecule has 2 heterocycles. The molecule has 88 valence electrons. The Bertz CT molecular complexity index is 512. The molecule has 0 amide bonds. The smallest absolute Gasteiger partial charge is 0.160 e. The molecular formula is C9H14N4O2S. The van der Waals surface area contributed by atoms with E-state index in [2.05, 4.69) is 15.3 Å². The van der Waals surface area contributed by atoms with Crippen molar-refractivity contribution in [3.8, 4) is 0 Å². The van der Waals surface area contributed by atoms with Gasteiger partial charge in [0.25, 0.3) is 0 Å². The summed E-state index contributed by atoms with van der Waals surface area (Å²) in [5.74, 6) is 0.863. The number of nitrogen functional groups attached to an aromatic ring is 1. The zero-order chi connectivity index (χ0) is 11.8. The molecule has 0 atom stereocenters. The molecule has 1 aromatic heterocycles. The summed E-state index contributed by atoms with van der Waals surface area (Å²) in [5, 5.41) is 2.98. The van der Waals surface area contributed by atoms with Crippen molar-refractivity contribution in [2.24, 2.45) is 0 Å². The number of fused-ring (bicyclic) bond motifs is 1. The number of hydrogen-bond donors (Lipinski definition) is 2. The van der Waals surface area contributed by atoms with Gasteiger partial charge in [-0.05, 0) is 7.05 Å². The zero-order valence-corrected chi connectivity index (χ0v) is 9.84. The lowest BCUT2D eigenvalue weighted by Crippen LogP contribution is -2.14. The van der Waals surface area contributed by atoms with E-state index in [1.807, 2.05) is 7.05 Å². The Morgan fingerprint density at radius 3 is 2.81 bits per heavy atom. The predicted octanol–water partition coefficient (Wildman–Crippen LogP) is -0.751. The molecule has 16 heavy (non-hydrogen) atoms. The van der Waals surface area contributed by atoms with Crippen LogP contribution < -0.4 is 11.1 Å². The van der Waals surface area contributed by atoms with Gasteiger partial charge >= 0.3 is 0 Å². The van der Waals surface area contributed by atoms with Crippen molar-refractivity contribution in [2.75, 3.05) is 19.3 Å². The van der Waals surface area contributed by atoms with Crippen LogP contribution in [0.1, 0.15) is 17.1 Å². The molecule has 0 aliphatic carbocycles. The highest BCUT2D eigenvalue weighted by Crippen LogP contribution is 2.26. The molecule has 6 nitrogen and oxygen atoms in total. The second-order valence-corrected chi connectivity index (χ2v) is 5.90. The number of aromatic nitrogens is 2. The van der Waals surface area contributed by atoms with E-state index in [1.165, 1.54) is 0 Å². The summed E-state index contributed by atoms with van der Waals surface area (Å²) >= 11 is 0. The Morgan fingerprint density at radius 1 is 1.38 bits per heavy atom. The van der Waals surface area contributed by atoms with Crippen LogP contribution >= 0.6 is 0 Å². The van der Waals surface area contributed by atoms with Gasteiger partial charge < -0.3 is 11.1 Å². The van der Waals surface area contributed by atoms with Gasteiger partial charge in [-0.15, -0.1) is 0 Å². The quantitative estimate of drug-likeness (QED) is 0.723. The van der Waals surface area contributed by atoms with Crippen LogP contribution in [0.15, 0.2) is 0 Å². The summed E-state index contributed by atoms with van der Waals surface area (Å²) in [7, 11) is -1.23. The average molecular weight is 242 g/mol. The molecule has 0 unspecified atom stereocenters. The van der Waals surface area contributed by atoms with Crippen LogP contribution in [0.4, 0.5) is 5.82 Å². The zero-order valence-electron chi connectivity index (χ0n) is 9.02. The fourth-order valence-corrected chi connectivity index (χ4v) is 3.22. The lowest BCUT2D eigenvalue weighted by molar-refractivity contribution is 0.597. The molecule has 0 bridgehead atoms. The Hall–Kier alpha value is -1.21. The number of nitrogens with two attached hydrogens (primary N) is 1. The van der Waals surface area contributed by atoms with Crippen LogP contribution in [0, 0.1) is 0 Å². The first-order valence-corrected chi connectivity index (χ1v) is 6.83. The average Bonchev–Trinajstić information content (AvgIpc) is 2.50. The van der Waals surface area contributed by atoms with Crippen molar-refractivity contribution in [3.63, 3.8) is 0 Å². The van der Waals surface area contributed by atoms with Gasteiger partial charge in [0.15, 0.2) is 9.84 Å².